The van der Waals surface area contributed by atoms with Crippen LogP contribution in [0.1, 0.15) is 31.9 Å². The molecule has 0 amide bonds. The van der Waals surface area contributed by atoms with Gasteiger partial charge in [-0.15, -0.1) is 0 Å². The second kappa shape index (κ2) is 8.13. The molecule has 1 aromatic heterocycles. The van der Waals surface area contributed by atoms with Gasteiger partial charge in [0.25, 0.3) is 0 Å². The highest BCUT2D eigenvalue weighted by Crippen LogP contribution is 2.06. The normalized spacial score (nSPS) is 10.6. The largest absolute Gasteiger partial charge is 0.673 e. The molecule has 0 unspecified atom stereocenters. The summed E-state index contributed by atoms with van der Waals surface area (Å²) < 4.78 is 39.0. The Balaban J connectivity index is 0.000000385. The lowest BCUT2D eigenvalue weighted by atomic mass is 10.1. The molecule has 0 fully saturated rings. The zero-order valence-electron chi connectivity index (χ0n) is 9.17. The van der Waals surface area contributed by atoms with E-state index in [1.54, 1.807) is 0 Å². The van der Waals surface area contributed by atoms with Gasteiger partial charge < -0.3 is 17.3 Å². The molecule has 6 heteroatoms. The Bertz CT molecular complexity index is 257. The first-order valence-electron chi connectivity index (χ1n) is 5.20. The van der Waals surface area contributed by atoms with Crippen LogP contribution in [0.4, 0.5) is 17.3 Å². The van der Waals surface area contributed by atoms with Gasteiger partial charge in [0, 0.05) is 11.9 Å². The fourth-order valence-electron chi connectivity index (χ4n) is 1.10. The third-order valence-electron chi connectivity index (χ3n) is 1.76. The van der Waals surface area contributed by atoms with E-state index < -0.39 is 7.25 Å². The predicted molar refractivity (Wildman–Crippen MR) is 57.7 cm³/mol. The number of rotatable bonds is 4. The van der Waals surface area contributed by atoms with E-state index in [2.05, 4.69) is 18.0 Å². The van der Waals surface area contributed by atoms with Gasteiger partial charge in [-0.25, -0.2) is 0 Å². The molecule has 0 aliphatic heterocycles. The fraction of sp³-hybridized carbons (Fsp3) is 0.500. The molecule has 0 aromatic carbocycles. The van der Waals surface area contributed by atoms with Crippen molar-refractivity contribution in [1.82, 2.24) is 4.98 Å². The number of aromatic nitrogens is 1. The summed E-state index contributed by atoms with van der Waals surface area (Å²) in [6, 6.07) is 6.10. The number of pyridine rings is 1. The second-order valence-electron chi connectivity index (χ2n) is 3.27. The lowest BCUT2D eigenvalue weighted by Crippen LogP contribution is -2.02. The molecule has 0 atom stereocenters. The van der Waals surface area contributed by atoms with E-state index in [1.165, 1.54) is 25.0 Å². The molecule has 0 saturated carbocycles. The molecule has 0 radical (unpaired) electrons. The van der Waals surface area contributed by atoms with Crippen LogP contribution in [-0.4, -0.2) is 12.2 Å². The van der Waals surface area contributed by atoms with Gasteiger partial charge >= 0.3 is 7.25 Å². The van der Waals surface area contributed by atoms with Crippen LogP contribution in [-0.2, 0) is 6.42 Å². The summed E-state index contributed by atoms with van der Waals surface area (Å²) in [5.41, 5.74) is 1.22. The molecule has 0 bridgehead atoms. The first-order chi connectivity index (χ1) is 7.43. The summed E-state index contributed by atoms with van der Waals surface area (Å²) in [6.45, 7) is 2.22. The highest BCUT2D eigenvalue weighted by atomic mass is 19.5. The summed E-state index contributed by atoms with van der Waals surface area (Å²) in [4.78, 5) is 4.25. The van der Waals surface area contributed by atoms with Crippen molar-refractivity contribution >= 4 is 7.25 Å². The third-order valence-corrected chi connectivity index (χ3v) is 1.76. The van der Waals surface area contributed by atoms with Crippen LogP contribution in [0, 0.1) is 0 Å². The molecule has 0 aliphatic carbocycles. The zero-order valence-corrected chi connectivity index (χ0v) is 9.17. The molecule has 1 rings (SSSR count). The van der Waals surface area contributed by atoms with E-state index in [1.807, 2.05) is 18.3 Å². The summed E-state index contributed by atoms with van der Waals surface area (Å²) >= 11 is 0. The van der Waals surface area contributed by atoms with E-state index in [0.29, 0.717) is 0 Å². The van der Waals surface area contributed by atoms with Gasteiger partial charge in [-0.3, -0.25) is 4.98 Å². The second-order valence-corrected chi connectivity index (χ2v) is 3.27. The van der Waals surface area contributed by atoms with E-state index in [4.69, 9.17) is 0 Å². The molecule has 1 nitrogen and oxygen atoms in total. The summed E-state index contributed by atoms with van der Waals surface area (Å²) in [7, 11) is -6.00. The molecular weight excluding hydrogens is 221 g/mol. The number of unbranched alkanes of at least 4 members (excludes halogenated alkanes) is 2. The van der Waals surface area contributed by atoms with Crippen molar-refractivity contribution in [1.29, 1.82) is 0 Å². The Kier molecular flexibility index (Phi) is 7.59. The molecule has 0 spiro atoms. The molecule has 0 N–H and O–H groups in total. The molecule has 1 aromatic rings. The van der Waals surface area contributed by atoms with E-state index in [-0.39, 0.29) is 0 Å². The van der Waals surface area contributed by atoms with Gasteiger partial charge in [0.05, 0.1) is 0 Å². The summed E-state index contributed by atoms with van der Waals surface area (Å²) in [5, 5.41) is 0. The first-order valence-corrected chi connectivity index (χ1v) is 5.20. The summed E-state index contributed by atoms with van der Waals surface area (Å²) in [6.07, 6.45) is 6.87. The number of hydrogen-bond donors (Lipinski definition) is 0. The SMILES string of the molecule is CCCCCc1ccccn1.F[B-](F)(F)F. The topological polar surface area (TPSA) is 12.9 Å². The van der Waals surface area contributed by atoms with Gasteiger partial charge in [-0.2, -0.15) is 0 Å². The molecular formula is C10H15BF4N-. The Morgan fingerprint density at radius 3 is 2.19 bits per heavy atom. The van der Waals surface area contributed by atoms with Crippen LogP contribution in [0.15, 0.2) is 24.4 Å². The number of nitrogens with zero attached hydrogens (tertiary/aromatic N) is 1. The van der Waals surface area contributed by atoms with Crippen molar-refractivity contribution in [3.8, 4) is 0 Å². The van der Waals surface area contributed by atoms with Crippen LogP contribution in [0.5, 0.6) is 0 Å². The lowest BCUT2D eigenvalue weighted by molar-refractivity contribution is 0.368. The maximum absolute atomic E-state index is 9.75. The van der Waals surface area contributed by atoms with Gasteiger partial charge in [-0.1, -0.05) is 25.8 Å². The average Bonchev–Trinajstić information content (AvgIpc) is 2.17. The lowest BCUT2D eigenvalue weighted by Gasteiger charge is -1.97. The van der Waals surface area contributed by atoms with Gasteiger partial charge in [0.15, 0.2) is 0 Å². The predicted octanol–water partition coefficient (Wildman–Crippen LogP) is 4.11. The van der Waals surface area contributed by atoms with Crippen molar-refractivity contribution < 1.29 is 17.3 Å². The third kappa shape index (κ3) is 12.9. The molecule has 0 aliphatic rings. The molecule has 0 saturated heterocycles. The highest BCUT2D eigenvalue weighted by Gasteiger charge is 2.20. The molecule has 92 valence electrons. The van der Waals surface area contributed by atoms with Crippen LogP contribution in [0.25, 0.3) is 0 Å². The van der Waals surface area contributed by atoms with E-state index in [0.717, 1.165) is 6.42 Å². The minimum atomic E-state index is -6.00. The maximum atomic E-state index is 9.75. The fourth-order valence-corrected chi connectivity index (χ4v) is 1.10. The Morgan fingerprint density at radius 2 is 1.75 bits per heavy atom. The van der Waals surface area contributed by atoms with Crippen LogP contribution >= 0.6 is 0 Å². The van der Waals surface area contributed by atoms with Gasteiger partial charge in [0.2, 0.25) is 0 Å². The smallest absolute Gasteiger partial charge is 0.418 e. The van der Waals surface area contributed by atoms with Crippen molar-refractivity contribution in [3.63, 3.8) is 0 Å². The highest BCUT2D eigenvalue weighted by molar-refractivity contribution is 6.50. The number of aryl methyl sites for hydroxylation is 1. The Hall–Kier alpha value is -1.07. The van der Waals surface area contributed by atoms with Crippen LogP contribution in [0.3, 0.4) is 0 Å². The minimum Gasteiger partial charge on any atom is -0.418 e. The van der Waals surface area contributed by atoms with Gasteiger partial charge in [0.1, 0.15) is 0 Å². The quantitative estimate of drug-likeness (QED) is 0.435. The number of hydrogen-bond acceptors (Lipinski definition) is 1. The van der Waals surface area contributed by atoms with Gasteiger partial charge in [-0.05, 0) is 25.0 Å². The van der Waals surface area contributed by atoms with Crippen molar-refractivity contribution in [2.75, 3.05) is 0 Å². The van der Waals surface area contributed by atoms with Crippen molar-refractivity contribution in [3.05, 3.63) is 30.1 Å². The van der Waals surface area contributed by atoms with Crippen molar-refractivity contribution in [2.45, 2.75) is 32.6 Å². The van der Waals surface area contributed by atoms with Crippen LogP contribution < -0.4 is 0 Å². The standard InChI is InChI=1S/C10H15N.BF4/c1-2-3-4-7-10-8-5-6-9-11-10;2-1(3,4)5/h5-6,8-9H,2-4,7H2,1H3;/q;-1. The Morgan fingerprint density at radius 1 is 1.12 bits per heavy atom. The molecule has 1 heterocycles. The maximum Gasteiger partial charge on any atom is 0.673 e. The average molecular weight is 236 g/mol. The van der Waals surface area contributed by atoms with E-state index >= 15 is 0 Å². The monoisotopic (exact) mass is 236 g/mol. The van der Waals surface area contributed by atoms with Crippen molar-refractivity contribution in [2.24, 2.45) is 0 Å². The zero-order chi connectivity index (χ0) is 12.4. The molecule has 16 heavy (non-hydrogen) atoms. The number of halogens is 4. The van der Waals surface area contributed by atoms with Crippen LogP contribution in [0.2, 0.25) is 0 Å². The first kappa shape index (κ1) is 14.9. The minimum absolute atomic E-state index is 1.13. The Labute approximate surface area is 93.0 Å². The van der Waals surface area contributed by atoms with E-state index in [9.17, 15) is 17.3 Å². The summed E-state index contributed by atoms with van der Waals surface area (Å²) in [5.74, 6) is 0.